The summed E-state index contributed by atoms with van der Waals surface area (Å²) in [6.07, 6.45) is 4.26. The van der Waals surface area contributed by atoms with E-state index in [-0.39, 0.29) is 5.92 Å². The van der Waals surface area contributed by atoms with Crippen molar-refractivity contribution in [2.24, 2.45) is 17.8 Å². The first-order valence-corrected chi connectivity index (χ1v) is 6.47. The smallest absolute Gasteiger partial charge is 0.138 e. The Labute approximate surface area is 102 Å². The first-order chi connectivity index (χ1) is 8.08. The standard InChI is InChI=1S/C13H21N3O/c1-9(2)7-16-13(14-8-15-16)6-11-4-5-12(17)10(11)3/h8-11H,4-7H2,1-3H3. The maximum atomic E-state index is 11.5. The number of hydrogen-bond acceptors (Lipinski definition) is 3. The number of ketones is 1. The highest BCUT2D eigenvalue weighted by atomic mass is 16.1. The van der Waals surface area contributed by atoms with Gasteiger partial charge in [-0.3, -0.25) is 4.79 Å². The van der Waals surface area contributed by atoms with E-state index < -0.39 is 0 Å². The number of Topliss-reactive ketones (excluding diaryl/α,β-unsaturated/α-hetero) is 1. The maximum Gasteiger partial charge on any atom is 0.138 e. The topological polar surface area (TPSA) is 47.8 Å². The minimum Gasteiger partial charge on any atom is -0.299 e. The highest BCUT2D eigenvalue weighted by Gasteiger charge is 2.31. The summed E-state index contributed by atoms with van der Waals surface area (Å²) in [6, 6.07) is 0. The van der Waals surface area contributed by atoms with Gasteiger partial charge in [-0.15, -0.1) is 0 Å². The fourth-order valence-corrected chi connectivity index (χ4v) is 2.53. The fourth-order valence-electron chi connectivity index (χ4n) is 2.53. The number of carbonyl (C=O) groups excluding carboxylic acids is 1. The van der Waals surface area contributed by atoms with Crippen molar-refractivity contribution in [1.82, 2.24) is 14.8 Å². The maximum absolute atomic E-state index is 11.5. The van der Waals surface area contributed by atoms with Crippen LogP contribution in [0.3, 0.4) is 0 Å². The summed E-state index contributed by atoms with van der Waals surface area (Å²) in [5, 5.41) is 4.26. The van der Waals surface area contributed by atoms with Gasteiger partial charge in [0, 0.05) is 25.3 Å². The van der Waals surface area contributed by atoms with Crippen LogP contribution in [0.4, 0.5) is 0 Å². The van der Waals surface area contributed by atoms with Crippen molar-refractivity contribution in [3.63, 3.8) is 0 Å². The van der Waals surface area contributed by atoms with Gasteiger partial charge in [0.2, 0.25) is 0 Å². The number of nitrogens with zero attached hydrogens (tertiary/aromatic N) is 3. The monoisotopic (exact) mass is 235 g/mol. The highest BCUT2D eigenvalue weighted by Crippen LogP contribution is 2.30. The largest absolute Gasteiger partial charge is 0.299 e. The van der Waals surface area contributed by atoms with Crippen molar-refractivity contribution >= 4 is 5.78 Å². The molecule has 0 aromatic carbocycles. The minimum absolute atomic E-state index is 0.194. The van der Waals surface area contributed by atoms with E-state index in [1.165, 1.54) is 0 Å². The molecule has 0 bridgehead atoms. The lowest BCUT2D eigenvalue weighted by Crippen LogP contribution is -2.17. The van der Waals surface area contributed by atoms with Crippen LogP contribution in [0, 0.1) is 17.8 Å². The second kappa shape index (κ2) is 4.98. The third kappa shape index (κ3) is 2.73. The van der Waals surface area contributed by atoms with Crippen LogP contribution in [-0.4, -0.2) is 20.5 Å². The van der Waals surface area contributed by atoms with Crippen molar-refractivity contribution in [2.45, 2.75) is 46.6 Å². The molecule has 1 aliphatic rings. The van der Waals surface area contributed by atoms with Gasteiger partial charge in [0.25, 0.3) is 0 Å². The molecule has 1 aromatic heterocycles. The van der Waals surface area contributed by atoms with Crippen molar-refractivity contribution in [2.75, 3.05) is 0 Å². The van der Waals surface area contributed by atoms with Gasteiger partial charge < -0.3 is 0 Å². The van der Waals surface area contributed by atoms with Crippen molar-refractivity contribution in [3.8, 4) is 0 Å². The van der Waals surface area contributed by atoms with Crippen LogP contribution in [0.15, 0.2) is 6.33 Å². The molecule has 2 rings (SSSR count). The van der Waals surface area contributed by atoms with E-state index in [0.717, 1.165) is 31.6 Å². The molecule has 0 saturated heterocycles. The lowest BCUT2D eigenvalue weighted by atomic mass is 9.94. The predicted octanol–water partition coefficient (Wildman–Crippen LogP) is 2.09. The van der Waals surface area contributed by atoms with Crippen LogP contribution in [0.5, 0.6) is 0 Å². The summed E-state index contributed by atoms with van der Waals surface area (Å²) in [4.78, 5) is 15.9. The zero-order valence-corrected chi connectivity index (χ0v) is 10.9. The summed E-state index contributed by atoms with van der Waals surface area (Å²) >= 11 is 0. The van der Waals surface area contributed by atoms with Gasteiger partial charge in [-0.2, -0.15) is 5.10 Å². The van der Waals surface area contributed by atoms with Gasteiger partial charge in [0.1, 0.15) is 17.9 Å². The third-order valence-corrected chi connectivity index (χ3v) is 3.66. The summed E-state index contributed by atoms with van der Waals surface area (Å²) in [7, 11) is 0. The predicted molar refractivity (Wildman–Crippen MR) is 65.5 cm³/mol. The minimum atomic E-state index is 0.194. The molecule has 0 amide bonds. The van der Waals surface area contributed by atoms with Crippen LogP contribution < -0.4 is 0 Å². The van der Waals surface area contributed by atoms with E-state index in [1.54, 1.807) is 6.33 Å². The second-order valence-electron chi connectivity index (χ2n) is 5.51. The molecule has 1 heterocycles. The van der Waals surface area contributed by atoms with E-state index in [4.69, 9.17) is 0 Å². The summed E-state index contributed by atoms with van der Waals surface area (Å²) in [6.45, 7) is 7.30. The summed E-state index contributed by atoms with van der Waals surface area (Å²) in [5.41, 5.74) is 0. The molecule has 4 heteroatoms. The van der Waals surface area contributed by atoms with Crippen molar-refractivity contribution in [3.05, 3.63) is 12.2 Å². The molecule has 0 aliphatic heterocycles. The Morgan fingerprint density at radius 1 is 1.53 bits per heavy atom. The van der Waals surface area contributed by atoms with Crippen LogP contribution >= 0.6 is 0 Å². The molecule has 2 atom stereocenters. The van der Waals surface area contributed by atoms with E-state index >= 15 is 0 Å². The Kier molecular flexibility index (Phi) is 3.60. The molecule has 0 radical (unpaired) electrons. The van der Waals surface area contributed by atoms with E-state index in [2.05, 4.69) is 23.9 Å². The average molecular weight is 235 g/mol. The molecular formula is C13H21N3O. The molecule has 17 heavy (non-hydrogen) atoms. The zero-order valence-electron chi connectivity index (χ0n) is 10.9. The number of aromatic nitrogens is 3. The molecule has 1 fully saturated rings. The van der Waals surface area contributed by atoms with Gasteiger partial charge in [0.15, 0.2) is 0 Å². The van der Waals surface area contributed by atoms with Gasteiger partial charge in [0.05, 0.1) is 0 Å². The van der Waals surface area contributed by atoms with Crippen LogP contribution in [0.2, 0.25) is 0 Å². The molecule has 1 aromatic rings. The molecule has 1 saturated carbocycles. The molecule has 2 unspecified atom stereocenters. The second-order valence-corrected chi connectivity index (χ2v) is 5.51. The van der Waals surface area contributed by atoms with Gasteiger partial charge >= 0.3 is 0 Å². The van der Waals surface area contributed by atoms with Gasteiger partial charge in [-0.1, -0.05) is 20.8 Å². The number of rotatable bonds is 4. The fraction of sp³-hybridized carbons (Fsp3) is 0.769. The Bertz CT molecular complexity index is 397. The van der Waals surface area contributed by atoms with Crippen LogP contribution in [0.1, 0.15) is 39.4 Å². The zero-order chi connectivity index (χ0) is 12.4. The Balaban J connectivity index is 2.04. The van der Waals surface area contributed by atoms with Crippen molar-refractivity contribution in [1.29, 1.82) is 0 Å². The first-order valence-electron chi connectivity index (χ1n) is 6.47. The Morgan fingerprint density at radius 2 is 2.29 bits per heavy atom. The summed E-state index contributed by atoms with van der Waals surface area (Å²) in [5.74, 6) is 2.66. The van der Waals surface area contributed by atoms with Crippen molar-refractivity contribution < 1.29 is 4.79 Å². The van der Waals surface area contributed by atoms with Crippen LogP contribution in [-0.2, 0) is 17.8 Å². The molecule has 4 nitrogen and oxygen atoms in total. The lowest BCUT2D eigenvalue weighted by molar-refractivity contribution is -0.120. The molecule has 1 aliphatic carbocycles. The molecule has 94 valence electrons. The van der Waals surface area contributed by atoms with E-state index in [0.29, 0.717) is 17.6 Å². The molecule has 0 spiro atoms. The van der Waals surface area contributed by atoms with E-state index in [1.807, 2.05) is 11.6 Å². The summed E-state index contributed by atoms with van der Waals surface area (Å²) < 4.78 is 1.99. The Hall–Kier alpha value is -1.19. The molecular weight excluding hydrogens is 214 g/mol. The normalized spacial score (nSPS) is 24.8. The van der Waals surface area contributed by atoms with Crippen LogP contribution in [0.25, 0.3) is 0 Å². The Morgan fingerprint density at radius 3 is 2.88 bits per heavy atom. The lowest BCUT2D eigenvalue weighted by Gasteiger charge is -2.14. The third-order valence-electron chi connectivity index (χ3n) is 3.66. The SMILES string of the molecule is CC(C)Cn1ncnc1CC1CCC(=O)C1C. The number of hydrogen-bond donors (Lipinski definition) is 0. The highest BCUT2D eigenvalue weighted by molar-refractivity contribution is 5.83. The molecule has 0 N–H and O–H groups in total. The quantitative estimate of drug-likeness (QED) is 0.803. The van der Waals surface area contributed by atoms with Gasteiger partial charge in [-0.05, 0) is 18.3 Å². The number of carbonyl (C=O) groups is 1. The van der Waals surface area contributed by atoms with Gasteiger partial charge in [-0.25, -0.2) is 9.67 Å². The van der Waals surface area contributed by atoms with E-state index in [9.17, 15) is 4.79 Å². The average Bonchev–Trinajstić information content (AvgIpc) is 2.80. The first kappa shape index (κ1) is 12.3.